The molecule has 0 saturated heterocycles. The highest BCUT2D eigenvalue weighted by Gasteiger charge is 2.10. The normalized spacial score (nSPS) is 10.3. The van der Waals surface area contributed by atoms with Crippen LogP contribution in [-0.4, -0.2) is 12.5 Å². The van der Waals surface area contributed by atoms with Crippen LogP contribution < -0.4 is 5.32 Å². The summed E-state index contributed by atoms with van der Waals surface area (Å²) in [7, 11) is 0. The molecule has 0 aliphatic carbocycles. The van der Waals surface area contributed by atoms with E-state index in [4.69, 9.17) is 0 Å². The molecule has 104 valence electrons. The van der Waals surface area contributed by atoms with E-state index >= 15 is 0 Å². The van der Waals surface area contributed by atoms with Crippen LogP contribution in [0.25, 0.3) is 0 Å². The minimum absolute atomic E-state index is 0.296. The van der Waals surface area contributed by atoms with Crippen LogP contribution in [0.4, 0.5) is 8.78 Å². The lowest BCUT2D eigenvalue weighted by Crippen LogP contribution is -2.26. The van der Waals surface area contributed by atoms with Gasteiger partial charge in [-0.15, -0.1) is 0 Å². The molecule has 0 saturated carbocycles. The summed E-state index contributed by atoms with van der Waals surface area (Å²) in [6.45, 7) is 0.381. The number of carbonyl (C=O) groups is 1. The molecule has 0 aliphatic heterocycles. The van der Waals surface area contributed by atoms with E-state index in [0.29, 0.717) is 23.0 Å². The van der Waals surface area contributed by atoms with Crippen molar-refractivity contribution in [3.8, 4) is 0 Å². The Hall–Kier alpha value is -1.75. The van der Waals surface area contributed by atoms with E-state index in [2.05, 4.69) is 21.2 Å². The third kappa shape index (κ3) is 3.87. The molecule has 0 fully saturated rings. The van der Waals surface area contributed by atoms with E-state index < -0.39 is 5.82 Å². The monoisotopic (exact) mass is 339 g/mol. The van der Waals surface area contributed by atoms with Crippen LogP contribution in [0.2, 0.25) is 0 Å². The predicted octanol–water partition coefficient (Wildman–Crippen LogP) is 3.70. The number of amides is 1. The fraction of sp³-hybridized carbons (Fsp3) is 0.133. The molecule has 0 atom stereocenters. The molecule has 2 rings (SSSR count). The molecule has 0 aromatic heterocycles. The maximum absolute atomic E-state index is 13.0. The maximum Gasteiger partial charge on any atom is 0.252 e. The number of hydrogen-bond acceptors (Lipinski definition) is 1. The average molecular weight is 340 g/mol. The lowest BCUT2D eigenvalue weighted by molar-refractivity contribution is 0.0953. The molecule has 2 aromatic carbocycles. The van der Waals surface area contributed by atoms with Gasteiger partial charge in [0, 0.05) is 11.0 Å². The molecule has 5 heteroatoms. The topological polar surface area (TPSA) is 29.1 Å². The average Bonchev–Trinajstić information content (AvgIpc) is 2.38. The van der Waals surface area contributed by atoms with Crippen LogP contribution in [0, 0.1) is 11.6 Å². The van der Waals surface area contributed by atoms with Gasteiger partial charge in [0.05, 0.1) is 5.56 Å². The van der Waals surface area contributed by atoms with E-state index in [1.54, 1.807) is 12.1 Å². The Labute approximate surface area is 123 Å². The first-order valence-corrected chi connectivity index (χ1v) is 6.83. The molecule has 0 unspecified atom stereocenters. The molecule has 0 spiro atoms. The van der Waals surface area contributed by atoms with E-state index in [1.165, 1.54) is 30.3 Å². The van der Waals surface area contributed by atoms with Gasteiger partial charge in [-0.2, -0.15) is 0 Å². The summed E-state index contributed by atoms with van der Waals surface area (Å²) in [6.07, 6.45) is 0.530. The first kappa shape index (κ1) is 14.7. The van der Waals surface area contributed by atoms with Gasteiger partial charge in [0.15, 0.2) is 0 Å². The van der Waals surface area contributed by atoms with Crippen molar-refractivity contribution in [3.63, 3.8) is 0 Å². The van der Waals surface area contributed by atoms with E-state index in [-0.39, 0.29) is 11.7 Å². The van der Waals surface area contributed by atoms with E-state index in [1.807, 2.05) is 0 Å². The van der Waals surface area contributed by atoms with Crippen LogP contribution in [0.1, 0.15) is 15.9 Å². The lowest BCUT2D eigenvalue weighted by Gasteiger charge is -2.07. The minimum Gasteiger partial charge on any atom is -0.352 e. The molecular formula is C15H12BrF2NO. The molecule has 0 bridgehead atoms. The summed E-state index contributed by atoms with van der Waals surface area (Å²) in [5.41, 5.74) is 1.18. The minimum atomic E-state index is -0.409. The van der Waals surface area contributed by atoms with Gasteiger partial charge >= 0.3 is 0 Å². The molecule has 1 amide bonds. The van der Waals surface area contributed by atoms with Gasteiger partial charge in [-0.3, -0.25) is 4.79 Å². The van der Waals surface area contributed by atoms with Crippen molar-refractivity contribution in [2.45, 2.75) is 6.42 Å². The van der Waals surface area contributed by atoms with Crippen LogP contribution >= 0.6 is 15.9 Å². The molecule has 0 aliphatic rings. The first-order valence-electron chi connectivity index (χ1n) is 6.04. The zero-order valence-corrected chi connectivity index (χ0v) is 12.1. The van der Waals surface area contributed by atoms with Gasteiger partial charge in [-0.1, -0.05) is 12.1 Å². The van der Waals surface area contributed by atoms with Gasteiger partial charge in [0.2, 0.25) is 0 Å². The summed E-state index contributed by atoms with van der Waals surface area (Å²) in [5, 5.41) is 2.71. The Morgan fingerprint density at radius 2 is 1.85 bits per heavy atom. The number of hydrogen-bond donors (Lipinski definition) is 1. The van der Waals surface area contributed by atoms with Crippen molar-refractivity contribution < 1.29 is 13.6 Å². The van der Waals surface area contributed by atoms with E-state index in [9.17, 15) is 13.6 Å². The Morgan fingerprint density at radius 3 is 2.55 bits per heavy atom. The molecule has 0 radical (unpaired) electrons. The van der Waals surface area contributed by atoms with Crippen LogP contribution in [0.3, 0.4) is 0 Å². The van der Waals surface area contributed by atoms with Crippen LogP contribution in [0.15, 0.2) is 46.9 Å². The predicted molar refractivity (Wildman–Crippen MR) is 76.5 cm³/mol. The van der Waals surface area contributed by atoms with Crippen molar-refractivity contribution in [1.29, 1.82) is 0 Å². The van der Waals surface area contributed by atoms with Gasteiger partial charge in [0.25, 0.3) is 5.91 Å². The smallest absolute Gasteiger partial charge is 0.252 e. The Kier molecular flexibility index (Phi) is 4.84. The fourth-order valence-corrected chi connectivity index (χ4v) is 2.31. The standard InChI is InChI=1S/C15H12BrF2NO/c16-14-9-12(18)4-5-13(14)15(20)19-7-6-10-2-1-3-11(17)8-10/h1-5,8-9H,6-7H2,(H,19,20). The fourth-order valence-electron chi connectivity index (χ4n) is 1.78. The summed E-state index contributed by atoms with van der Waals surface area (Å²) >= 11 is 3.14. The molecular weight excluding hydrogens is 328 g/mol. The Bertz CT molecular complexity index is 631. The van der Waals surface area contributed by atoms with Crippen molar-refractivity contribution in [2.24, 2.45) is 0 Å². The van der Waals surface area contributed by atoms with Crippen molar-refractivity contribution in [1.82, 2.24) is 5.32 Å². The van der Waals surface area contributed by atoms with Crippen LogP contribution in [0.5, 0.6) is 0 Å². The highest BCUT2D eigenvalue weighted by molar-refractivity contribution is 9.10. The third-order valence-corrected chi connectivity index (χ3v) is 3.42. The molecule has 0 heterocycles. The van der Waals surface area contributed by atoms with Crippen molar-refractivity contribution in [2.75, 3.05) is 6.54 Å². The van der Waals surface area contributed by atoms with Gasteiger partial charge in [-0.25, -0.2) is 8.78 Å². The summed E-state index contributed by atoms with van der Waals surface area (Å²) < 4.78 is 26.3. The van der Waals surface area contributed by atoms with Gasteiger partial charge in [-0.05, 0) is 58.2 Å². The van der Waals surface area contributed by atoms with E-state index in [0.717, 1.165) is 5.56 Å². The number of benzene rings is 2. The van der Waals surface area contributed by atoms with Crippen molar-refractivity contribution >= 4 is 21.8 Å². The molecule has 20 heavy (non-hydrogen) atoms. The highest BCUT2D eigenvalue weighted by atomic mass is 79.9. The zero-order chi connectivity index (χ0) is 14.5. The van der Waals surface area contributed by atoms with Gasteiger partial charge < -0.3 is 5.32 Å². The number of rotatable bonds is 4. The SMILES string of the molecule is O=C(NCCc1cccc(F)c1)c1ccc(F)cc1Br. The summed E-state index contributed by atoms with van der Waals surface area (Å²) in [5.74, 6) is -1.00. The Balaban J connectivity index is 1.92. The lowest BCUT2D eigenvalue weighted by atomic mass is 10.1. The highest BCUT2D eigenvalue weighted by Crippen LogP contribution is 2.17. The first-order chi connectivity index (χ1) is 9.56. The number of halogens is 3. The second-order valence-corrected chi connectivity index (χ2v) is 5.11. The molecule has 2 aromatic rings. The second kappa shape index (κ2) is 6.61. The maximum atomic E-state index is 13.0. The Morgan fingerprint density at radius 1 is 1.10 bits per heavy atom. The van der Waals surface area contributed by atoms with Crippen molar-refractivity contribution in [3.05, 3.63) is 69.7 Å². The summed E-state index contributed by atoms with van der Waals surface area (Å²) in [4.78, 5) is 11.9. The number of carbonyl (C=O) groups excluding carboxylic acids is 1. The summed E-state index contributed by atoms with van der Waals surface area (Å²) in [6, 6.07) is 10.1. The second-order valence-electron chi connectivity index (χ2n) is 4.26. The molecule has 1 N–H and O–H groups in total. The largest absolute Gasteiger partial charge is 0.352 e. The van der Waals surface area contributed by atoms with Crippen LogP contribution in [-0.2, 0) is 6.42 Å². The number of nitrogens with one attached hydrogen (secondary N) is 1. The third-order valence-electron chi connectivity index (χ3n) is 2.76. The zero-order valence-electron chi connectivity index (χ0n) is 10.5. The molecule has 2 nitrogen and oxygen atoms in total. The quantitative estimate of drug-likeness (QED) is 0.904. The van der Waals surface area contributed by atoms with Gasteiger partial charge in [0.1, 0.15) is 11.6 Å².